The second-order valence-corrected chi connectivity index (χ2v) is 6.99. The lowest BCUT2D eigenvalue weighted by Gasteiger charge is -2.18. The third-order valence-corrected chi connectivity index (χ3v) is 5.33. The van der Waals surface area contributed by atoms with Crippen molar-refractivity contribution in [1.82, 2.24) is 10.2 Å². The summed E-state index contributed by atoms with van der Waals surface area (Å²) >= 11 is 0. The number of benzene rings is 1. The highest BCUT2D eigenvalue weighted by Crippen LogP contribution is 2.31. The van der Waals surface area contributed by atoms with E-state index >= 15 is 0 Å². The van der Waals surface area contributed by atoms with E-state index in [0.29, 0.717) is 32.0 Å². The molecule has 1 aliphatic carbocycles. The number of carbonyl (C=O) groups is 2. The molecule has 0 bridgehead atoms. The molecule has 2 fully saturated rings. The summed E-state index contributed by atoms with van der Waals surface area (Å²) in [5.41, 5.74) is 7.98. The van der Waals surface area contributed by atoms with E-state index in [9.17, 15) is 9.59 Å². The molecule has 1 heterocycles. The fourth-order valence-corrected chi connectivity index (χ4v) is 3.84. The van der Waals surface area contributed by atoms with Crippen LogP contribution >= 0.6 is 0 Å². The van der Waals surface area contributed by atoms with E-state index in [-0.39, 0.29) is 17.7 Å². The smallest absolute Gasteiger partial charge is 0.223 e. The fourth-order valence-electron chi connectivity index (χ4n) is 3.84. The van der Waals surface area contributed by atoms with Crippen molar-refractivity contribution in [3.8, 4) is 0 Å². The van der Waals surface area contributed by atoms with Crippen molar-refractivity contribution in [3.05, 3.63) is 35.4 Å². The summed E-state index contributed by atoms with van der Waals surface area (Å²) < 4.78 is 0. The lowest BCUT2D eigenvalue weighted by molar-refractivity contribution is -0.128. The van der Waals surface area contributed by atoms with Crippen molar-refractivity contribution in [2.24, 2.45) is 17.6 Å². The maximum Gasteiger partial charge on any atom is 0.223 e. The Morgan fingerprint density at radius 1 is 1.17 bits per heavy atom. The van der Waals surface area contributed by atoms with Crippen LogP contribution in [0.1, 0.15) is 43.2 Å². The van der Waals surface area contributed by atoms with Gasteiger partial charge < -0.3 is 16.0 Å². The fraction of sp³-hybridized carbons (Fsp3) is 0.579. The Labute approximate surface area is 143 Å². The van der Waals surface area contributed by atoms with E-state index in [1.165, 1.54) is 0 Å². The van der Waals surface area contributed by atoms with Gasteiger partial charge in [-0.3, -0.25) is 9.59 Å². The van der Waals surface area contributed by atoms with Crippen LogP contribution in [0.25, 0.3) is 0 Å². The molecule has 1 saturated heterocycles. The summed E-state index contributed by atoms with van der Waals surface area (Å²) in [5, 5.41) is 3.05. The third-order valence-electron chi connectivity index (χ3n) is 5.33. The van der Waals surface area contributed by atoms with Gasteiger partial charge in [0, 0.05) is 32.0 Å². The average molecular weight is 329 g/mol. The molecular weight excluding hydrogens is 302 g/mol. The highest BCUT2D eigenvalue weighted by atomic mass is 16.2. The molecule has 2 amide bonds. The molecule has 0 unspecified atom stereocenters. The number of carbonyl (C=O) groups excluding carboxylic acids is 2. The van der Waals surface area contributed by atoms with E-state index in [1.54, 1.807) is 0 Å². The first-order valence-electron chi connectivity index (χ1n) is 9.00. The van der Waals surface area contributed by atoms with Crippen LogP contribution in [0, 0.1) is 11.8 Å². The van der Waals surface area contributed by atoms with Gasteiger partial charge in [0.2, 0.25) is 11.8 Å². The summed E-state index contributed by atoms with van der Waals surface area (Å²) in [5.74, 6) is 0.799. The summed E-state index contributed by atoms with van der Waals surface area (Å²) in [4.78, 5) is 25.9. The molecule has 24 heavy (non-hydrogen) atoms. The summed E-state index contributed by atoms with van der Waals surface area (Å²) in [6.45, 7) is 2.70. The lowest BCUT2D eigenvalue weighted by Crippen LogP contribution is -2.34. The Morgan fingerprint density at radius 2 is 1.92 bits per heavy atom. The molecule has 2 atom stereocenters. The second-order valence-electron chi connectivity index (χ2n) is 6.99. The van der Waals surface area contributed by atoms with Crippen molar-refractivity contribution in [1.29, 1.82) is 0 Å². The number of hydrogen-bond acceptors (Lipinski definition) is 3. The molecule has 1 aromatic carbocycles. The van der Waals surface area contributed by atoms with Gasteiger partial charge in [0.05, 0.1) is 0 Å². The molecule has 2 aliphatic rings. The van der Waals surface area contributed by atoms with Crippen LogP contribution in [0.3, 0.4) is 0 Å². The van der Waals surface area contributed by atoms with Crippen molar-refractivity contribution < 1.29 is 9.59 Å². The van der Waals surface area contributed by atoms with Crippen LogP contribution in [0.5, 0.6) is 0 Å². The Morgan fingerprint density at radius 3 is 2.58 bits per heavy atom. The molecule has 0 aromatic heterocycles. The van der Waals surface area contributed by atoms with Crippen LogP contribution in [0.4, 0.5) is 0 Å². The monoisotopic (exact) mass is 329 g/mol. The topological polar surface area (TPSA) is 75.4 Å². The van der Waals surface area contributed by atoms with Gasteiger partial charge in [-0.05, 0) is 42.9 Å². The third kappa shape index (κ3) is 3.96. The number of hydrogen-bond donors (Lipinski definition) is 2. The van der Waals surface area contributed by atoms with Gasteiger partial charge in [-0.15, -0.1) is 0 Å². The Hall–Kier alpha value is -1.88. The van der Waals surface area contributed by atoms with Crippen LogP contribution in [-0.4, -0.2) is 29.8 Å². The predicted molar refractivity (Wildman–Crippen MR) is 92.8 cm³/mol. The highest BCUT2D eigenvalue weighted by molar-refractivity contribution is 5.79. The van der Waals surface area contributed by atoms with Crippen molar-refractivity contribution in [3.63, 3.8) is 0 Å². The van der Waals surface area contributed by atoms with Gasteiger partial charge in [0.15, 0.2) is 0 Å². The molecule has 130 valence electrons. The van der Waals surface area contributed by atoms with Gasteiger partial charge in [-0.25, -0.2) is 0 Å². The van der Waals surface area contributed by atoms with Gasteiger partial charge in [0.1, 0.15) is 0 Å². The summed E-state index contributed by atoms with van der Waals surface area (Å²) in [7, 11) is 0. The van der Waals surface area contributed by atoms with E-state index in [0.717, 1.165) is 43.4 Å². The second kappa shape index (κ2) is 7.79. The average Bonchev–Trinajstić information content (AvgIpc) is 3.23. The number of nitrogens with two attached hydrogens (primary N) is 1. The van der Waals surface area contributed by atoms with E-state index in [2.05, 4.69) is 5.32 Å². The number of nitrogens with zero attached hydrogens (tertiary/aromatic N) is 1. The minimum atomic E-state index is 0.0791. The van der Waals surface area contributed by atoms with Gasteiger partial charge >= 0.3 is 0 Å². The van der Waals surface area contributed by atoms with Crippen LogP contribution < -0.4 is 11.1 Å². The SMILES string of the molecule is NC[C@H]1CCC[C@H]1C(=O)NCc1ccc(CN2CCCC2=O)cc1. The molecule has 0 spiro atoms. The van der Waals surface area contributed by atoms with Gasteiger partial charge in [0.25, 0.3) is 0 Å². The molecule has 5 heteroatoms. The van der Waals surface area contributed by atoms with Gasteiger partial charge in [-0.2, -0.15) is 0 Å². The number of likely N-dealkylation sites (tertiary alicyclic amines) is 1. The first-order chi connectivity index (χ1) is 11.7. The minimum absolute atomic E-state index is 0.0791. The zero-order valence-corrected chi connectivity index (χ0v) is 14.2. The molecular formula is C19H27N3O2. The first kappa shape index (κ1) is 17.0. The Balaban J connectivity index is 1.49. The Bertz CT molecular complexity index is 585. The van der Waals surface area contributed by atoms with Crippen molar-refractivity contribution >= 4 is 11.8 Å². The normalized spacial score (nSPS) is 23.7. The number of nitrogens with one attached hydrogen (secondary N) is 1. The minimum Gasteiger partial charge on any atom is -0.352 e. The zero-order chi connectivity index (χ0) is 16.9. The zero-order valence-electron chi connectivity index (χ0n) is 14.2. The van der Waals surface area contributed by atoms with E-state index in [4.69, 9.17) is 5.73 Å². The van der Waals surface area contributed by atoms with Gasteiger partial charge in [-0.1, -0.05) is 30.7 Å². The Kier molecular flexibility index (Phi) is 5.51. The molecule has 5 nitrogen and oxygen atoms in total. The van der Waals surface area contributed by atoms with Crippen LogP contribution in [0.2, 0.25) is 0 Å². The van der Waals surface area contributed by atoms with Crippen LogP contribution in [-0.2, 0) is 22.7 Å². The molecule has 1 saturated carbocycles. The lowest BCUT2D eigenvalue weighted by atomic mass is 9.95. The molecule has 1 aromatic rings. The molecule has 3 N–H and O–H groups in total. The van der Waals surface area contributed by atoms with Crippen molar-refractivity contribution in [2.45, 2.75) is 45.2 Å². The maximum atomic E-state index is 12.3. The van der Waals surface area contributed by atoms with Crippen LogP contribution in [0.15, 0.2) is 24.3 Å². The summed E-state index contributed by atoms with van der Waals surface area (Å²) in [6, 6.07) is 8.16. The number of amides is 2. The standard InChI is InChI=1S/C19H27N3O2/c20-11-16-3-1-4-17(16)19(24)21-12-14-6-8-15(9-7-14)13-22-10-2-5-18(22)23/h6-9,16-17H,1-5,10-13,20H2,(H,21,24)/t16-,17-/m1/s1. The maximum absolute atomic E-state index is 12.3. The summed E-state index contributed by atoms with van der Waals surface area (Å²) in [6.07, 6.45) is 4.77. The van der Waals surface area contributed by atoms with E-state index < -0.39 is 0 Å². The van der Waals surface area contributed by atoms with Crippen molar-refractivity contribution in [2.75, 3.05) is 13.1 Å². The molecule has 3 rings (SSSR count). The predicted octanol–water partition coefficient (Wildman–Crippen LogP) is 1.80. The molecule has 0 radical (unpaired) electrons. The molecule has 1 aliphatic heterocycles. The number of rotatable bonds is 6. The first-order valence-corrected chi connectivity index (χ1v) is 9.00. The highest BCUT2D eigenvalue weighted by Gasteiger charge is 2.31. The largest absolute Gasteiger partial charge is 0.352 e. The quantitative estimate of drug-likeness (QED) is 0.835. The van der Waals surface area contributed by atoms with E-state index in [1.807, 2.05) is 29.2 Å².